The van der Waals surface area contributed by atoms with E-state index in [1.807, 2.05) is 34.7 Å². The number of nitrogens with zero attached hydrogens (tertiary/aromatic N) is 1. The zero-order valence-corrected chi connectivity index (χ0v) is 19.4. The van der Waals surface area contributed by atoms with Crippen molar-refractivity contribution < 1.29 is 18.3 Å². The van der Waals surface area contributed by atoms with Gasteiger partial charge in [0.1, 0.15) is 5.75 Å². The van der Waals surface area contributed by atoms with Crippen LogP contribution in [0.15, 0.2) is 36.4 Å². The Morgan fingerprint density at radius 1 is 1.10 bits per heavy atom. The highest BCUT2D eigenvalue weighted by molar-refractivity contribution is 14.1. The lowest BCUT2D eigenvalue weighted by Crippen LogP contribution is -2.48. The Bertz CT molecular complexity index is 905. The normalized spacial score (nSPS) is 23.3. The number of rotatable bonds is 7. The molecule has 3 nitrogen and oxygen atoms in total. The van der Waals surface area contributed by atoms with Gasteiger partial charge in [-0.15, -0.1) is 0 Å². The fraction of sp³-hybridized carbons (Fsp3) is 0.542. The van der Waals surface area contributed by atoms with Crippen LogP contribution in [-0.4, -0.2) is 33.8 Å². The molecular weight excluding hydrogens is 499 g/mol. The maximum Gasteiger partial charge on any atom is 0.250 e. The molecule has 0 spiro atoms. The largest absolute Gasteiger partial charge is 0.490 e. The van der Waals surface area contributed by atoms with Gasteiger partial charge in [-0.05, 0) is 82.8 Å². The van der Waals surface area contributed by atoms with E-state index in [9.17, 15) is 13.6 Å². The molecule has 1 aliphatic carbocycles. The minimum absolute atomic E-state index is 0.0191. The molecule has 30 heavy (non-hydrogen) atoms. The first-order chi connectivity index (χ1) is 14.3. The summed E-state index contributed by atoms with van der Waals surface area (Å²) in [6.45, 7) is 4.12. The Balaban J connectivity index is 1.34. The number of hydrogen-bond donors (Lipinski definition) is 0. The van der Waals surface area contributed by atoms with Crippen molar-refractivity contribution in [1.82, 2.24) is 4.90 Å². The van der Waals surface area contributed by atoms with Crippen molar-refractivity contribution in [2.45, 2.75) is 57.6 Å². The van der Waals surface area contributed by atoms with Crippen LogP contribution < -0.4 is 4.74 Å². The van der Waals surface area contributed by atoms with Crippen LogP contribution in [0.2, 0.25) is 0 Å². The van der Waals surface area contributed by atoms with Gasteiger partial charge < -0.3 is 4.74 Å². The predicted molar refractivity (Wildman–Crippen MR) is 123 cm³/mol. The summed E-state index contributed by atoms with van der Waals surface area (Å²) in [4.78, 5) is 13.7. The number of alkyl halides is 2. The Labute approximate surface area is 190 Å². The fourth-order valence-electron chi connectivity index (χ4n) is 4.63. The molecule has 1 aliphatic heterocycles. The highest BCUT2D eigenvalue weighted by atomic mass is 127. The molecule has 2 fully saturated rings. The first kappa shape index (κ1) is 21.9. The highest BCUT2D eigenvalue weighted by Gasteiger charge is 2.40. The average Bonchev–Trinajstić information content (AvgIpc) is 2.70. The van der Waals surface area contributed by atoms with Crippen LogP contribution in [0.5, 0.6) is 5.75 Å². The molecule has 162 valence electrons. The number of fused-ring (bicyclic) bond motifs is 1. The van der Waals surface area contributed by atoms with E-state index in [4.69, 9.17) is 4.74 Å². The van der Waals surface area contributed by atoms with Gasteiger partial charge in [-0.2, -0.15) is 0 Å². The van der Waals surface area contributed by atoms with Crippen molar-refractivity contribution in [3.63, 3.8) is 0 Å². The van der Waals surface area contributed by atoms with Gasteiger partial charge in [0.2, 0.25) is 0 Å². The second kappa shape index (κ2) is 9.07. The summed E-state index contributed by atoms with van der Waals surface area (Å²) in [5.74, 6) is -2.05. The Kier molecular flexibility index (Phi) is 6.63. The molecule has 0 bridgehead atoms. The molecule has 0 unspecified atom stereocenters. The predicted octanol–water partition coefficient (Wildman–Crippen LogP) is 6.22. The minimum Gasteiger partial charge on any atom is -0.490 e. The molecule has 2 aliphatic rings. The maximum absolute atomic E-state index is 13.9. The smallest absolute Gasteiger partial charge is 0.250 e. The topological polar surface area (TPSA) is 29.5 Å². The van der Waals surface area contributed by atoms with E-state index in [0.717, 1.165) is 36.2 Å². The summed E-state index contributed by atoms with van der Waals surface area (Å²) in [6, 6.07) is 12.5. The van der Waals surface area contributed by atoms with E-state index >= 15 is 0 Å². The van der Waals surface area contributed by atoms with Crippen molar-refractivity contribution in [1.29, 1.82) is 0 Å². The van der Waals surface area contributed by atoms with E-state index in [-0.39, 0.29) is 22.2 Å². The number of halogens is 3. The van der Waals surface area contributed by atoms with Crippen molar-refractivity contribution in [2.24, 2.45) is 11.8 Å². The molecule has 1 saturated carbocycles. The van der Waals surface area contributed by atoms with E-state index in [1.165, 1.54) is 5.56 Å². The van der Waals surface area contributed by atoms with Gasteiger partial charge in [0.25, 0.3) is 5.92 Å². The third-order valence-corrected chi connectivity index (χ3v) is 7.49. The second-order valence-corrected chi connectivity index (χ2v) is 9.81. The van der Waals surface area contributed by atoms with Gasteiger partial charge in [-0.25, -0.2) is 8.78 Å². The number of likely N-dealkylation sites (tertiary alicyclic amines) is 1. The number of carbonyl (C=O) groups excluding carboxylic acids is 1. The first-order valence-corrected chi connectivity index (χ1v) is 11.9. The molecule has 2 aromatic rings. The van der Waals surface area contributed by atoms with E-state index in [0.29, 0.717) is 25.7 Å². The molecule has 0 amide bonds. The quantitative estimate of drug-likeness (QED) is 0.317. The lowest BCUT2D eigenvalue weighted by Gasteiger charge is -2.37. The summed E-state index contributed by atoms with van der Waals surface area (Å²) in [7, 11) is 0. The summed E-state index contributed by atoms with van der Waals surface area (Å²) in [6.07, 6.45) is 2.38. The number of carbonyl (C=O) groups is 1. The lowest BCUT2D eigenvalue weighted by molar-refractivity contribution is -0.117. The van der Waals surface area contributed by atoms with Crippen LogP contribution in [0.1, 0.15) is 44.6 Å². The van der Waals surface area contributed by atoms with E-state index < -0.39 is 11.8 Å². The van der Waals surface area contributed by atoms with Crippen LogP contribution in [0, 0.1) is 11.8 Å². The highest BCUT2D eigenvalue weighted by Crippen LogP contribution is 2.39. The Morgan fingerprint density at radius 2 is 1.77 bits per heavy atom. The van der Waals surface area contributed by atoms with Crippen molar-refractivity contribution in [3.8, 4) is 5.75 Å². The van der Waals surface area contributed by atoms with Crippen molar-refractivity contribution in [2.75, 3.05) is 13.1 Å². The number of benzene rings is 2. The maximum atomic E-state index is 13.9. The molecule has 6 heteroatoms. The first-order valence-electron chi connectivity index (χ1n) is 10.8. The van der Waals surface area contributed by atoms with Gasteiger partial charge in [0, 0.05) is 32.0 Å². The summed E-state index contributed by atoms with van der Waals surface area (Å²) in [5.41, 5.74) is 1.24. The van der Waals surface area contributed by atoms with Gasteiger partial charge >= 0.3 is 0 Å². The Morgan fingerprint density at radius 3 is 2.43 bits per heavy atom. The van der Waals surface area contributed by atoms with Crippen molar-refractivity contribution in [3.05, 3.63) is 42.0 Å². The average molecular weight is 527 g/mol. The van der Waals surface area contributed by atoms with E-state index in [1.54, 1.807) is 6.92 Å². The SMILES string of the molecule is CCC(F)(F)C1CCC(Oc2ccc3cc(CN4CC(C(=O)I)C4)ccc3c2)CC1. The zero-order valence-electron chi connectivity index (χ0n) is 17.3. The monoisotopic (exact) mass is 527 g/mol. The van der Waals surface area contributed by atoms with Crippen LogP contribution in [0.3, 0.4) is 0 Å². The Hall–Kier alpha value is -1.28. The summed E-state index contributed by atoms with van der Waals surface area (Å²) >= 11 is 1.89. The molecule has 4 rings (SSSR count). The van der Waals surface area contributed by atoms with Gasteiger partial charge in [0.15, 0.2) is 3.79 Å². The summed E-state index contributed by atoms with van der Waals surface area (Å²) in [5, 5.41) is 2.28. The lowest BCUT2D eigenvalue weighted by atomic mass is 9.82. The molecule has 0 N–H and O–H groups in total. The molecular formula is C24H28F2INO2. The third-order valence-electron chi connectivity index (χ3n) is 6.61. The molecule has 1 heterocycles. The minimum atomic E-state index is -2.55. The van der Waals surface area contributed by atoms with E-state index in [2.05, 4.69) is 29.2 Å². The van der Waals surface area contributed by atoms with Crippen LogP contribution >= 0.6 is 22.6 Å². The second-order valence-electron chi connectivity index (χ2n) is 8.74. The summed E-state index contributed by atoms with van der Waals surface area (Å²) < 4.78 is 34.2. The number of hydrogen-bond acceptors (Lipinski definition) is 3. The molecule has 2 aromatic carbocycles. The molecule has 0 aromatic heterocycles. The van der Waals surface area contributed by atoms with Gasteiger partial charge in [-0.1, -0.05) is 25.1 Å². The standard InChI is InChI=1S/C24H28F2INO2/c1-2-24(25,26)20-6-9-21(10-7-20)30-22-8-5-17-11-16(3-4-18(17)12-22)13-28-14-19(15-28)23(27)29/h3-5,8,11-12,19-21H,2,6-7,9-10,13-15H2,1H3. The fourth-order valence-corrected chi connectivity index (χ4v) is 5.02. The number of ether oxygens (including phenoxy) is 1. The molecule has 1 saturated heterocycles. The van der Waals surface area contributed by atoms with Gasteiger partial charge in [-0.3, -0.25) is 9.69 Å². The van der Waals surface area contributed by atoms with Crippen molar-refractivity contribution >= 4 is 37.2 Å². The molecule has 0 radical (unpaired) electrons. The van der Waals surface area contributed by atoms with Gasteiger partial charge in [0.05, 0.1) is 12.0 Å². The zero-order chi connectivity index (χ0) is 21.3. The third kappa shape index (κ3) is 4.96. The van der Waals surface area contributed by atoms with Crippen LogP contribution in [-0.2, 0) is 11.3 Å². The molecule has 0 atom stereocenters. The van der Waals surface area contributed by atoms with Crippen LogP contribution in [0.25, 0.3) is 10.8 Å². The van der Waals surface area contributed by atoms with Crippen LogP contribution in [0.4, 0.5) is 8.78 Å².